The van der Waals surface area contributed by atoms with Crippen molar-refractivity contribution in [3.63, 3.8) is 0 Å². The minimum Gasteiger partial charge on any atom is -0.443 e. The standard InChI is InChI=1S/C31H53N3O5/c1-9-23(32-17-15-22-11-10-18-34(22)7)26(21(4)5)33-29(35)38-24-14-16-31(19-37-31)28(27(24)36-8)30(6)25(39-30)13-12-20(2)3/h9,12,21-22,24-28,32H,10-11,13-19H2,1-8H3,(H,33,35)/b23-9+/t22?,24-,25-,26-,27-,28-,30+,31+/m1/s1. The molecule has 0 aromatic heterocycles. The maximum Gasteiger partial charge on any atom is 0.408 e. The second-order valence-electron chi connectivity index (χ2n) is 12.9. The van der Waals surface area contributed by atoms with Crippen molar-refractivity contribution < 1.29 is 23.7 Å². The summed E-state index contributed by atoms with van der Waals surface area (Å²) in [5.41, 5.74) is 1.74. The summed E-state index contributed by atoms with van der Waals surface area (Å²) in [6.07, 6.45) is 9.46. The Labute approximate surface area is 236 Å². The summed E-state index contributed by atoms with van der Waals surface area (Å²) in [7, 11) is 3.92. The molecule has 8 atom stereocenters. The Kier molecular flexibility index (Phi) is 9.73. The molecule has 39 heavy (non-hydrogen) atoms. The van der Waals surface area contributed by atoms with Crippen LogP contribution in [-0.2, 0) is 18.9 Å². The van der Waals surface area contributed by atoms with E-state index in [1.165, 1.54) is 25.0 Å². The highest BCUT2D eigenvalue weighted by atomic mass is 16.6. The van der Waals surface area contributed by atoms with Crippen LogP contribution >= 0.6 is 0 Å². The zero-order valence-corrected chi connectivity index (χ0v) is 25.5. The number of carbonyl (C=O) groups is 1. The van der Waals surface area contributed by atoms with Crippen molar-refractivity contribution in [1.82, 2.24) is 15.5 Å². The number of epoxide rings is 2. The number of allylic oxidation sites excluding steroid dienone is 2. The Morgan fingerprint density at radius 2 is 2.00 bits per heavy atom. The van der Waals surface area contributed by atoms with Gasteiger partial charge in [0.15, 0.2) is 0 Å². The summed E-state index contributed by atoms with van der Waals surface area (Å²) < 4.78 is 24.5. The monoisotopic (exact) mass is 547 g/mol. The van der Waals surface area contributed by atoms with Crippen LogP contribution in [0.1, 0.15) is 80.1 Å². The lowest BCUT2D eigenvalue weighted by Gasteiger charge is -2.42. The third-order valence-electron chi connectivity index (χ3n) is 9.56. The van der Waals surface area contributed by atoms with E-state index in [9.17, 15) is 4.79 Å². The third-order valence-corrected chi connectivity index (χ3v) is 9.56. The highest BCUT2D eigenvalue weighted by Crippen LogP contribution is 2.59. The number of carbonyl (C=O) groups excluding carboxylic acids is 1. The molecule has 1 unspecified atom stereocenters. The lowest BCUT2D eigenvalue weighted by atomic mass is 9.68. The minimum absolute atomic E-state index is 0.0134. The summed E-state index contributed by atoms with van der Waals surface area (Å²) in [6, 6.07) is 0.481. The number of hydrogen-bond acceptors (Lipinski definition) is 7. The fourth-order valence-corrected chi connectivity index (χ4v) is 7.09. The molecule has 3 saturated heterocycles. The Hall–Kier alpha value is -1.61. The summed E-state index contributed by atoms with van der Waals surface area (Å²) in [6.45, 7) is 15.5. The van der Waals surface area contributed by atoms with Gasteiger partial charge in [0.2, 0.25) is 0 Å². The quantitative estimate of drug-likeness (QED) is 0.268. The molecule has 8 heteroatoms. The van der Waals surface area contributed by atoms with Crippen molar-refractivity contribution in [3.05, 3.63) is 23.4 Å². The third kappa shape index (κ3) is 6.83. The molecule has 3 aliphatic heterocycles. The smallest absolute Gasteiger partial charge is 0.408 e. The van der Waals surface area contributed by atoms with Gasteiger partial charge in [-0.15, -0.1) is 0 Å². The van der Waals surface area contributed by atoms with Crippen molar-refractivity contribution >= 4 is 6.09 Å². The van der Waals surface area contributed by atoms with E-state index >= 15 is 0 Å². The lowest BCUT2D eigenvalue weighted by Crippen LogP contribution is -2.56. The highest BCUT2D eigenvalue weighted by Gasteiger charge is 2.72. The first kappa shape index (κ1) is 30.4. The average Bonchev–Trinajstić information content (AvgIpc) is 3.76. The van der Waals surface area contributed by atoms with Gasteiger partial charge in [-0.25, -0.2) is 4.79 Å². The van der Waals surface area contributed by atoms with Gasteiger partial charge in [-0.2, -0.15) is 0 Å². The maximum atomic E-state index is 13.3. The first-order valence-corrected chi connectivity index (χ1v) is 15.1. The summed E-state index contributed by atoms with van der Waals surface area (Å²) in [5.74, 6) is 0.222. The highest BCUT2D eigenvalue weighted by molar-refractivity contribution is 5.68. The molecule has 0 aromatic rings. The van der Waals surface area contributed by atoms with E-state index in [0.717, 1.165) is 31.5 Å². The molecule has 4 rings (SSSR count). The van der Waals surface area contributed by atoms with Crippen molar-refractivity contribution in [1.29, 1.82) is 0 Å². The Balaban J connectivity index is 1.37. The Bertz CT molecular complexity index is 912. The Morgan fingerprint density at radius 3 is 2.56 bits per heavy atom. The van der Waals surface area contributed by atoms with Gasteiger partial charge in [-0.1, -0.05) is 31.6 Å². The van der Waals surface area contributed by atoms with Gasteiger partial charge in [0.05, 0.1) is 24.7 Å². The van der Waals surface area contributed by atoms with Crippen LogP contribution in [0.15, 0.2) is 23.4 Å². The number of nitrogens with one attached hydrogen (secondary N) is 2. The molecule has 3 heterocycles. The first-order valence-electron chi connectivity index (χ1n) is 15.1. The van der Waals surface area contributed by atoms with Crippen LogP contribution in [0.5, 0.6) is 0 Å². The predicted octanol–water partition coefficient (Wildman–Crippen LogP) is 4.79. The number of hydrogen-bond donors (Lipinski definition) is 2. The number of likely N-dealkylation sites (tertiary alicyclic amines) is 1. The molecule has 2 N–H and O–H groups in total. The number of ether oxygens (including phenoxy) is 4. The van der Waals surface area contributed by atoms with E-state index in [0.29, 0.717) is 19.1 Å². The van der Waals surface area contributed by atoms with Gasteiger partial charge in [-0.05, 0) is 85.7 Å². The average molecular weight is 548 g/mol. The van der Waals surface area contributed by atoms with Gasteiger partial charge >= 0.3 is 6.09 Å². The summed E-state index contributed by atoms with van der Waals surface area (Å²) in [5, 5.41) is 6.77. The van der Waals surface area contributed by atoms with E-state index < -0.39 is 6.09 Å². The van der Waals surface area contributed by atoms with E-state index in [-0.39, 0.29) is 47.4 Å². The Morgan fingerprint density at radius 1 is 1.26 bits per heavy atom. The molecule has 4 fully saturated rings. The van der Waals surface area contributed by atoms with Crippen molar-refractivity contribution in [2.24, 2.45) is 11.8 Å². The molecule has 8 nitrogen and oxygen atoms in total. The first-order chi connectivity index (χ1) is 18.5. The normalized spacial score (nSPS) is 37.1. The summed E-state index contributed by atoms with van der Waals surface area (Å²) in [4.78, 5) is 15.8. The number of amides is 1. The zero-order chi connectivity index (χ0) is 28.4. The van der Waals surface area contributed by atoms with Crippen molar-refractivity contribution in [3.8, 4) is 0 Å². The molecule has 1 saturated carbocycles. The number of alkyl carbamates (subject to hydrolysis) is 1. The number of rotatable bonds is 12. The molecule has 1 amide bonds. The van der Waals surface area contributed by atoms with Crippen LogP contribution in [0, 0.1) is 11.8 Å². The zero-order valence-electron chi connectivity index (χ0n) is 25.5. The molecule has 0 bridgehead atoms. The molecular weight excluding hydrogens is 494 g/mol. The molecule has 4 aliphatic rings. The van der Waals surface area contributed by atoms with Gasteiger partial charge in [0, 0.05) is 25.4 Å². The van der Waals surface area contributed by atoms with Crippen LogP contribution in [0.25, 0.3) is 0 Å². The lowest BCUT2D eigenvalue weighted by molar-refractivity contribution is -0.118. The van der Waals surface area contributed by atoms with Gasteiger partial charge in [0.25, 0.3) is 0 Å². The van der Waals surface area contributed by atoms with Crippen molar-refractivity contribution in [2.45, 2.75) is 122 Å². The van der Waals surface area contributed by atoms with Gasteiger partial charge in [-0.3, -0.25) is 0 Å². The van der Waals surface area contributed by atoms with Crippen LogP contribution in [0.3, 0.4) is 0 Å². The molecule has 1 aliphatic carbocycles. The second-order valence-corrected chi connectivity index (χ2v) is 12.9. The topological polar surface area (TPSA) is 87.9 Å². The molecule has 1 spiro atoms. The van der Waals surface area contributed by atoms with Crippen LogP contribution in [-0.4, -0.2) is 86.4 Å². The van der Waals surface area contributed by atoms with Crippen LogP contribution in [0.2, 0.25) is 0 Å². The predicted molar refractivity (Wildman–Crippen MR) is 154 cm³/mol. The van der Waals surface area contributed by atoms with E-state index in [2.05, 4.69) is 69.4 Å². The summed E-state index contributed by atoms with van der Waals surface area (Å²) >= 11 is 0. The molecular formula is C31H53N3O5. The minimum atomic E-state index is -0.396. The van der Waals surface area contributed by atoms with Gasteiger partial charge in [0.1, 0.15) is 23.4 Å². The fraction of sp³-hybridized carbons (Fsp3) is 0.839. The number of nitrogens with zero attached hydrogens (tertiary/aromatic N) is 1. The number of methoxy groups -OCH3 is 1. The van der Waals surface area contributed by atoms with Crippen molar-refractivity contribution in [2.75, 3.05) is 33.9 Å². The van der Waals surface area contributed by atoms with Gasteiger partial charge < -0.3 is 34.5 Å². The largest absolute Gasteiger partial charge is 0.443 e. The molecule has 0 radical (unpaired) electrons. The fourth-order valence-electron chi connectivity index (χ4n) is 7.09. The van der Waals surface area contributed by atoms with E-state index in [4.69, 9.17) is 18.9 Å². The molecule has 0 aromatic carbocycles. The molecule has 222 valence electrons. The van der Waals surface area contributed by atoms with E-state index in [1.54, 1.807) is 7.11 Å². The maximum absolute atomic E-state index is 13.3. The SMILES string of the molecule is C/C=C(/NCCC1CCCN1C)[C@H](NC(=O)O[C@@H]1CC[C@]2(CO2)[C@@H]([C@@]2(C)O[C@@H]2CC=C(C)C)[C@@H]1OC)C(C)C. The van der Waals surface area contributed by atoms with E-state index in [1.807, 2.05) is 6.92 Å². The van der Waals surface area contributed by atoms with Crippen LogP contribution in [0.4, 0.5) is 4.79 Å². The second kappa shape index (κ2) is 12.5. The van der Waals surface area contributed by atoms with Crippen LogP contribution < -0.4 is 10.6 Å².